The molecule has 0 unspecified atom stereocenters. The van der Waals surface area contributed by atoms with Crippen molar-refractivity contribution in [1.82, 2.24) is 0 Å². The fourth-order valence-electron chi connectivity index (χ4n) is 4.38. The molecule has 2 heterocycles. The number of carbonyl (C=O) groups excluding carboxylic acids is 1. The summed E-state index contributed by atoms with van der Waals surface area (Å²) < 4.78 is 6.08. The lowest BCUT2D eigenvalue weighted by molar-refractivity contribution is -0.159. The monoisotopic (exact) mass is 254 g/mol. The van der Waals surface area contributed by atoms with E-state index >= 15 is 0 Å². The van der Waals surface area contributed by atoms with Crippen LogP contribution in [-0.4, -0.2) is 18.0 Å². The van der Waals surface area contributed by atoms with Crippen molar-refractivity contribution in [3.63, 3.8) is 0 Å². The summed E-state index contributed by atoms with van der Waals surface area (Å²) >= 11 is 0. The topological polar surface area (TPSA) is 26.3 Å². The fourth-order valence-corrected chi connectivity index (χ4v) is 4.38. The van der Waals surface area contributed by atoms with Crippen LogP contribution < -0.4 is 0 Å². The summed E-state index contributed by atoms with van der Waals surface area (Å²) in [6, 6.07) is 10.4. The van der Waals surface area contributed by atoms with Gasteiger partial charge in [-0.1, -0.05) is 42.5 Å². The number of ketones is 1. The van der Waals surface area contributed by atoms with E-state index in [9.17, 15) is 4.79 Å². The molecule has 0 amide bonds. The molecule has 1 aromatic carbocycles. The van der Waals surface area contributed by atoms with E-state index in [1.165, 1.54) is 5.56 Å². The van der Waals surface area contributed by atoms with Gasteiger partial charge in [0.05, 0.1) is 23.0 Å². The van der Waals surface area contributed by atoms with Crippen molar-refractivity contribution in [3.05, 3.63) is 48.0 Å². The number of rotatable bonds is 1. The van der Waals surface area contributed by atoms with E-state index in [1.54, 1.807) is 0 Å². The summed E-state index contributed by atoms with van der Waals surface area (Å²) in [7, 11) is 0. The molecule has 1 aromatic rings. The Bertz CT molecular complexity index is 576. The lowest BCUT2D eigenvalue weighted by Gasteiger charge is -2.41. The highest BCUT2D eigenvalue weighted by atomic mass is 16.5. The Balaban J connectivity index is 1.89. The molecule has 1 saturated carbocycles. The lowest BCUT2D eigenvalue weighted by Crippen LogP contribution is -2.51. The summed E-state index contributed by atoms with van der Waals surface area (Å²) in [5.41, 5.74) is 0.518. The first-order valence-corrected chi connectivity index (χ1v) is 7.00. The number of Topliss-reactive ketones (excluding diaryl/α,β-unsaturated/α-hetero) is 1. The molecule has 2 heteroatoms. The highest BCUT2D eigenvalue weighted by Crippen LogP contribution is 2.64. The normalized spacial score (nSPS) is 46.8. The van der Waals surface area contributed by atoms with E-state index in [0.29, 0.717) is 5.78 Å². The summed E-state index contributed by atoms with van der Waals surface area (Å²) in [5, 5.41) is 0. The quantitative estimate of drug-likeness (QED) is 0.720. The maximum Gasteiger partial charge on any atom is 0.151 e. The second-order valence-corrected chi connectivity index (χ2v) is 6.56. The van der Waals surface area contributed by atoms with E-state index in [4.69, 9.17) is 4.74 Å². The molecule has 2 aliphatic heterocycles. The molecule has 2 nitrogen and oxygen atoms in total. The molecule has 1 saturated heterocycles. The Kier molecular flexibility index (Phi) is 2.03. The van der Waals surface area contributed by atoms with Gasteiger partial charge in [-0.2, -0.15) is 0 Å². The minimum atomic E-state index is -0.403. The first-order chi connectivity index (χ1) is 9.07. The average molecular weight is 254 g/mol. The number of benzene rings is 1. The van der Waals surface area contributed by atoms with Gasteiger partial charge >= 0.3 is 0 Å². The van der Waals surface area contributed by atoms with Gasteiger partial charge in [-0.05, 0) is 25.8 Å². The van der Waals surface area contributed by atoms with E-state index in [0.717, 1.165) is 6.42 Å². The second-order valence-electron chi connectivity index (χ2n) is 6.56. The van der Waals surface area contributed by atoms with Gasteiger partial charge in [0, 0.05) is 5.92 Å². The summed E-state index contributed by atoms with van der Waals surface area (Å²) in [4.78, 5) is 13.0. The van der Waals surface area contributed by atoms with Crippen LogP contribution in [0.1, 0.15) is 31.7 Å². The van der Waals surface area contributed by atoms with Gasteiger partial charge in [0.2, 0.25) is 0 Å². The minimum Gasteiger partial charge on any atom is -0.365 e. The average Bonchev–Trinajstić information content (AvgIpc) is 2.95. The smallest absolute Gasteiger partial charge is 0.151 e. The molecular weight excluding hydrogens is 236 g/mol. The molecule has 3 aliphatic rings. The zero-order chi connectivity index (χ0) is 13.3. The fraction of sp³-hybridized carbons (Fsp3) is 0.471. The maximum absolute atomic E-state index is 13.0. The molecule has 4 bridgehead atoms. The van der Waals surface area contributed by atoms with E-state index in [2.05, 4.69) is 50.3 Å². The van der Waals surface area contributed by atoms with Crippen LogP contribution in [0, 0.1) is 10.8 Å². The van der Waals surface area contributed by atoms with Crippen LogP contribution in [0.15, 0.2) is 42.5 Å². The third-order valence-electron chi connectivity index (χ3n) is 5.53. The number of carbonyl (C=O) groups is 1. The first kappa shape index (κ1) is 11.4. The standard InChI is InChI=1S/C17H18O2/c1-16-10-12(11-6-4-3-5-7-11)17(2,15(16)18)14-9-8-13(16)19-14/h3-9,12-14H,10H2,1-2H3/t12-,13-,14+,16-,17+/m1/s1. The number of hydrogen-bond donors (Lipinski definition) is 0. The molecular formula is C17H18O2. The summed E-state index contributed by atoms with van der Waals surface area (Å²) in [6.07, 6.45) is 5.02. The van der Waals surface area contributed by atoms with E-state index in [1.807, 2.05) is 6.07 Å². The molecule has 19 heavy (non-hydrogen) atoms. The zero-order valence-corrected chi connectivity index (χ0v) is 11.3. The zero-order valence-electron chi connectivity index (χ0n) is 11.3. The van der Waals surface area contributed by atoms with Gasteiger partial charge in [-0.3, -0.25) is 4.79 Å². The predicted molar refractivity (Wildman–Crippen MR) is 72.8 cm³/mol. The SMILES string of the molecule is C[C@]12C(=O)[C@](C)(C[C@@H]1c1ccccc1)[C@H]1C=C[C@@H]2O1. The van der Waals surface area contributed by atoms with Gasteiger partial charge in [0.1, 0.15) is 0 Å². The molecule has 5 atom stereocenters. The predicted octanol–water partition coefficient (Wildman–Crippen LogP) is 3.09. The molecule has 0 spiro atoms. The molecule has 0 aromatic heterocycles. The highest BCUT2D eigenvalue weighted by molar-refractivity contribution is 5.96. The lowest BCUT2D eigenvalue weighted by atomic mass is 9.70. The Hall–Kier alpha value is -1.41. The van der Waals surface area contributed by atoms with E-state index in [-0.39, 0.29) is 23.5 Å². The van der Waals surface area contributed by atoms with Crippen LogP contribution in [0.25, 0.3) is 0 Å². The van der Waals surface area contributed by atoms with Gasteiger partial charge in [0.25, 0.3) is 0 Å². The Labute approximate surface area is 113 Å². The number of fused-ring (bicyclic) bond motifs is 6. The van der Waals surface area contributed by atoms with Crippen LogP contribution in [0.3, 0.4) is 0 Å². The largest absolute Gasteiger partial charge is 0.365 e. The van der Waals surface area contributed by atoms with Gasteiger partial charge < -0.3 is 4.74 Å². The van der Waals surface area contributed by atoms with Crippen LogP contribution in [0.5, 0.6) is 0 Å². The molecule has 4 rings (SSSR count). The van der Waals surface area contributed by atoms with Gasteiger partial charge in [0.15, 0.2) is 5.78 Å². The highest BCUT2D eigenvalue weighted by Gasteiger charge is 2.68. The van der Waals surface area contributed by atoms with Crippen molar-refractivity contribution in [3.8, 4) is 0 Å². The minimum absolute atomic E-state index is 0.0215. The van der Waals surface area contributed by atoms with Crippen LogP contribution in [0.4, 0.5) is 0 Å². The summed E-state index contributed by atoms with van der Waals surface area (Å²) in [6.45, 7) is 4.17. The maximum atomic E-state index is 13.0. The van der Waals surface area contributed by atoms with Crippen molar-refractivity contribution >= 4 is 5.78 Å². The Morgan fingerprint density at radius 2 is 1.79 bits per heavy atom. The van der Waals surface area contributed by atoms with Crippen molar-refractivity contribution in [1.29, 1.82) is 0 Å². The van der Waals surface area contributed by atoms with Gasteiger partial charge in [-0.15, -0.1) is 0 Å². The molecule has 0 N–H and O–H groups in total. The van der Waals surface area contributed by atoms with E-state index < -0.39 is 5.41 Å². The Morgan fingerprint density at radius 3 is 2.53 bits per heavy atom. The summed E-state index contributed by atoms with van der Waals surface area (Å²) in [5.74, 6) is 0.659. The van der Waals surface area contributed by atoms with Crippen LogP contribution >= 0.6 is 0 Å². The second kappa shape index (κ2) is 3.37. The molecule has 98 valence electrons. The van der Waals surface area contributed by atoms with Crippen molar-refractivity contribution < 1.29 is 9.53 Å². The van der Waals surface area contributed by atoms with Crippen molar-refractivity contribution in [2.75, 3.05) is 0 Å². The van der Waals surface area contributed by atoms with Crippen LogP contribution in [0.2, 0.25) is 0 Å². The van der Waals surface area contributed by atoms with Gasteiger partial charge in [-0.25, -0.2) is 0 Å². The molecule has 1 aliphatic carbocycles. The number of ether oxygens (including phenoxy) is 1. The van der Waals surface area contributed by atoms with Crippen LogP contribution in [-0.2, 0) is 9.53 Å². The molecule has 0 radical (unpaired) electrons. The van der Waals surface area contributed by atoms with Crippen molar-refractivity contribution in [2.45, 2.75) is 38.4 Å². The molecule has 2 fully saturated rings. The number of hydrogen-bond acceptors (Lipinski definition) is 2. The first-order valence-electron chi connectivity index (χ1n) is 7.00. The Morgan fingerprint density at radius 1 is 1.11 bits per heavy atom. The third-order valence-corrected chi connectivity index (χ3v) is 5.53. The third kappa shape index (κ3) is 1.19. The van der Waals surface area contributed by atoms with Crippen molar-refractivity contribution in [2.24, 2.45) is 10.8 Å².